The van der Waals surface area contributed by atoms with E-state index in [4.69, 9.17) is 5.73 Å². The Hall–Kier alpha value is -0.650. The molecule has 1 heterocycles. The first-order valence-corrected chi connectivity index (χ1v) is 6.54. The molecule has 2 unspecified atom stereocenters. The fourth-order valence-electron chi connectivity index (χ4n) is 2.11. The smallest absolute Gasteiger partial charge is 0.270 e. The molecule has 1 saturated carbocycles. The fourth-order valence-corrected chi connectivity index (χ4v) is 2.77. The number of nitrogens with two attached hydrogens (primary N) is 1. The molecule has 1 aromatic heterocycles. The van der Waals surface area contributed by atoms with Crippen LogP contribution in [0.2, 0.25) is 0 Å². The highest BCUT2D eigenvalue weighted by Crippen LogP contribution is 2.25. The van der Waals surface area contributed by atoms with Crippen molar-refractivity contribution in [1.82, 2.24) is 10.3 Å². The molecule has 2 atom stereocenters. The Morgan fingerprint density at radius 1 is 1.65 bits per heavy atom. The van der Waals surface area contributed by atoms with Gasteiger partial charge in [0.25, 0.3) is 5.91 Å². The lowest BCUT2D eigenvalue weighted by Gasteiger charge is -2.16. The number of nitrogens with zero attached hydrogens (tertiary/aromatic N) is 1. The summed E-state index contributed by atoms with van der Waals surface area (Å²) in [4.78, 5) is 16.0. The lowest BCUT2D eigenvalue weighted by molar-refractivity contribution is 0.0925. The Balaban J connectivity index is 0.00000144. The zero-order valence-corrected chi connectivity index (χ0v) is 11.4. The maximum absolute atomic E-state index is 11.9. The minimum absolute atomic E-state index is 0. The lowest BCUT2D eigenvalue weighted by atomic mass is 10.1. The van der Waals surface area contributed by atoms with Crippen molar-refractivity contribution in [2.45, 2.75) is 38.8 Å². The molecule has 0 aromatic carbocycles. The lowest BCUT2D eigenvalue weighted by Crippen LogP contribution is -2.36. The van der Waals surface area contributed by atoms with Crippen LogP contribution in [0, 0.1) is 5.92 Å². The molecule has 17 heavy (non-hydrogen) atoms. The number of rotatable bonds is 3. The first kappa shape index (κ1) is 14.4. The van der Waals surface area contributed by atoms with Crippen molar-refractivity contribution >= 4 is 29.7 Å². The van der Waals surface area contributed by atoms with Crippen molar-refractivity contribution in [2.75, 3.05) is 0 Å². The van der Waals surface area contributed by atoms with Crippen molar-refractivity contribution in [3.8, 4) is 0 Å². The molecule has 2 rings (SSSR count). The summed E-state index contributed by atoms with van der Waals surface area (Å²) < 4.78 is 0. The Bertz CT molecular complexity index is 383. The Kier molecular flexibility index (Phi) is 5.36. The van der Waals surface area contributed by atoms with Crippen molar-refractivity contribution in [1.29, 1.82) is 0 Å². The van der Waals surface area contributed by atoms with Gasteiger partial charge in [0, 0.05) is 18.0 Å². The van der Waals surface area contributed by atoms with Crippen molar-refractivity contribution in [2.24, 2.45) is 11.7 Å². The van der Waals surface area contributed by atoms with Crippen LogP contribution >= 0.6 is 23.7 Å². The highest BCUT2D eigenvalue weighted by molar-refractivity contribution is 7.09. The second-order valence-corrected chi connectivity index (χ2v) is 5.26. The Labute approximate surface area is 111 Å². The quantitative estimate of drug-likeness (QED) is 0.886. The predicted molar refractivity (Wildman–Crippen MR) is 71.5 cm³/mol. The van der Waals surface area contributed by atoms with Gasteiger partial charge in [0.05, 0.1) is 0 Å². The third-order valence-electron chi connectivity index (χ3n) is 3.14. The van der Waals surface area contributed by atoms with Crippen LogP contribution in [0.15, 0.2) is 5.38 Å². The van der Waals surface area contributed by atoms with Gasteiger partial charge in [0.15, 0.2) is 0 Å². The summed E-state index contributed by atoms with van der Waals surface area (Å²) in [6.07, 6.45) is 3.49. The highest BCUT2D eigenvalue weighted by atomic mass is 35.5. The number of thiazole rings is 1. The molecule has 1 aromatic rings. The summed E-state index contributed by atoms with van der Waals surface area (Å²) in [5, 5.41) is 5.63. The van der Waals surface area contributed by atoms with Gasteiger partial charge in [-0.05, 0) is 18.8 Å². The number of carbonyl (C=O) groups excluding carboxylic acids is 1. The van der Waals surface area contributed by atoms with Crippen LogP contribution in [-0.4, -0.2) is 16.9 Å². The number of nitrogens with one attached hydrogen (secondary N) is 1. The van der Waals surface area contributed by atoms with E-state index < -0.39 is 0 Å². The van der Waals surface area contributed by atoms with Gasteiger partial charge in [-0.3, -0.25) is 4.79 Å². The maximum atomic E-state index is 11.9. The van der Waals surface area contributed by atoms with Gasteiger partial charge in [-0.1, -0.05) is 13.3 Å². The van der Waals surface area contributed by atoms with Crippen molar-refractivity contribution < 1.29 is 4.79 Å². The minimum Gasteiger partial charge on any atom is -0.348 e. The van der Waals surface area contributed by atoms with E-state index in [1.165, 1.54) is 24.2 Å². The molecular formula is C11H18ClN3OS. The van der Waals surface area contributed by atoms with Crippen LogP contribution in [0.3, 0.4) is 0 Å². The van der Waals surface area contributed by atoms with E-state index in [1.807, 2.05) is 0 Å². The minimum atomic E-state index is -0.0605. The first-order chi connectivity index (χ1) is 7.70. The van der Waals surface area contributed by atoms with E-state index >= 15 is 0 Å². The number of hydrogen-bond donors (Lipinski definition) is 2. The van der Waals surface area contributed by atoms with Crippen LogP contribution in [0.1, 0.15) is 41.7 Å². The number of amides is 1. The topological polar surface area (TPSA) is 68.0 Å². The van der Waals surface area contributed by atoms with Gasteiger partial charge in [0.2, 0.25) is 0 Å². The molecule has 96 valence electrons. The van der Waals surface area contributed by atoms with Crippen LogP contribution in [0.4, 0.5) is 0 Å². The maximum Gasteiger partial charge on any atom is 0.270 e. The molecule has 0 saturated heterocycles. The molecule has 4 nitrogen and oxygen atoms in total. The third-order valence-corrected chi connectivity index (χ3v) is 4.01. The number of halogens is 1. The van der Waals surface area contributed by atoms with Gasteiger partial charge in [-0.2, -0.15) is 0 Å². The molecule has 1 fully saturated rings. The van der Waals surface area contributed by atoms with Gasteiger partial charge in [-0.15, -0.1) is 23.7 Å². The number of hydrogen-bond acceptors (Lipinski definition) is 4. The molecule has 1 aliphatic rings. The molecule has 0 spiro atoms. The molecule has 6 heteroatoms. The van der Waals surface area contributed by atoms with Crippen LogP contribution in [-0.2, 0) is 6.54 Å². The number of aromatic nitrogens is 1. The van der Waals surface area contributed by atoms with Gasteiger partial charge < -0.3 is 11.1 Å². The van der Waals surface area contributed by atoms with Gasteiger partial charge >= 0.3 is 0 Å². The predicted octanol–water partition coefficient (Wildman–Crippen LogP) is 1.94. The largest absolute Gasteiger partial charge is 0.348 e. The third kappa shape index (κ3) is 3.40. The van der Waals surface area contributed by atoms with Crippen LogP contribution in [0.25, 0.3) is 0 Å². The summed E-state index contributed by atoms with van der Waals surface area (Å²) in [5.74, 6) is 0.520. The standard InChI is InChI=1S/C11H17N3OS.ClH/c1-7-3-2-4-8(7)14-11(15)9-6-16-10(5-12)13-9;/h6-8H,2-5,12H2,1H3,(H,14,15);1H. The monoisotopic (exact) mass is 275 g/mol. The second-order valence-electron chi connectivity index (χ2n) is 4.32. The summed E-state index contributed by atoms with van der Waals surface area (Å²) >= 11 is 1.44. The van der Waals surface area contributed by atoms with Crippen LogP contribution < -0.4 is 11.1 Å². The molecule has 0 bridgehead atoms. The van der Waals surface area contributed by atoms with E-state index in [2.05, 4.69) is 17.2 Å². The number of carbonyl (C=O) groups is 1. The van der Waals surface area contributed by atoms with E-state index in [-0.39, 0.29) is 18.3 Å². The summed E-state index contributed by atoms with van der Waals surface area (Å²) in [6.45, 7) is 2.59. The Morgan fingerprint density at radius 3 is 2.94 bits per heavy atom. The zero-order chi connectivity index (χ0) is 11.5. The van der Waals surface area contributed by atoms with Gasteiger partial charge in [0.1, 0.15) is 10.7 Å². The molecule has 3 N–H and O–H groups in total. The van der Waals surface area contributed by atoms with Gasteiger partial charge in [-0.25, -0.2) is 4.98 Å². The second kappa shape index (κ2) is 6.33. The molecule has 0 radical (unpaired) electrons. The van der Waals surface area contributed by atoms with E-state index in [0.717, 1.165) is 11.4 Å². The summed E-state index contributed by atoms with van der Waals surface area (Å²) in [7, 11) is 0. The Morgan fingerprint density at radius 2 is 2.41 bits per heavy atom. The molecule has 1 amide bonds. The van der Waals surface area contributed by atoms with E-state index in [1.54, 1.807) is 5.38 Å². The fraction of sp³-hybridized carbons (Fsp3) is 0.636. The summed E-state index contributed by atoms with van der Waals surface area (Å²) in [5.41, 5.74) is 5.97. The average Bonchev–Trinajstić information content (AvgIpc) is 2.88. The van der Waals surface area contributed by atoms with Crippen molar-refractivity contribution in [3.63, 3.8) is 0 Å². The van der Waals surface area contributed by atoms with Crippen molar-refractivity contribution in [3.05, 3.63) is 16.1 Å². The molecule has 1 aliphatic carbocycles. The van der Waals surface area contributed by atoms with E-state index in [9.17, 15) is 4.79 Å². The molecule has 0 aliphatic heterocycles. The first-order valence-electron chi connectivity index (χ1n) is 5.66. The molecular weight excluding hydrogens is 258 g/mol. The highest BCUT2D eigenvalue weighted by Gasteiger charge is 2.25. The summed E-state index contributed by atoms with van der Waals surface area (Å²) in [6, 6.07) is 0.315. The zero-order valence-electron chi connectivity index (χ0n) is 9.81. The normalized spacial score (nSPS) is 23.2. The SMILES string of the molecule is CC1CCCC1NC(=O)c1csc(CN)n1.Cl. The van der Waals surface area contributed by atoms with Crippen LogP contribution in [0.5, 0.6) is 0 Å². The van der Waals surface area contributed by atoms with E-state index in [0.29, 0.717) is 24.2 Å². The average molecular weight is 276 g/mol.